The molecule has 7 nitrogen and oxygen atoms in total. The van der Waals surface area contributed by atoms with Gasteiger partial charge in [0.25, 0.3) is 6.43 Å². The molecule has 17 heavy (non-hydrogen) atoms. The summed E-state index contributed by atoms with van der Waals surface area (Å²) in [7, 11) is -4.63. The van der Waals surface area contributed by atoms with Crippen LogP contribution in [0.3, 0.4) is 0 Å². The summed E-state index contributed by atoms with van der Waals surface area (Å²) in [5.74, 6) is -3.42. The van der Waals surface area contributed by atoms with Crippen molar-refractivity contribution in [2.75, 3.05) is 0 Å². The van der Waals surface area contributed by atoms with Gasteiger partial charge >= 0.3 is 5.82 Å². The van der Waals surface area contributed by atoms with Crippen molar-refractivity contribution < 1.29 is 26.5 Å². The van der Waals surface area contributed by atoms with Gasteiger partial charge in [0, 0.05) is 0 Å². The van der Waals surface area contributed by atoms with E-state index in [0.717, 1.165) is 0 Å². The van der Waals surface area contributed by atoms with Crippen molar-refractivity contribution in [2.45, 2.75) is 11.3 Å². The molecule has 0 amide bonds. The van der Waals surface area contributed by atoms with Crippen molar-refractivity contribution in [3.8, 4) is 0 Å². The predicted molar refractivity (Wildman–Crippen MR) is 47.2 cm³/mol. The summed E-state index contributed by atoms with van der Waals surface area (Å²) >= 11 is 0. The molecule has 0 aromatic carbocycles. The molecule has 0 unspecified atom stereocenters. The van der Waals surface area contributed by atoms with E-state index in [2.05, 4.69) is 10.1 Å². The zero-order chi connectivity index (χ0) is 13.4. The number of rotatable bonds is 3. The molecule has 0 saturated carbocycles. The average Bonchev–Trinajstić information content (AvgIpc) is 2.13. The SMILES string of the molecule is NS(=O)(=O)c1cnc([N+](=O)[O-])c(C(F)F)c1F. The number of hydrogen-bond acceptors (Lipinski definition) is 5. The van der Waals surface area contributed by atoms with Gasteiger partial charge in [-0.25, -0.2) is 26.7 Å². The highest BCUT2D eigenvalue weighted by atomic mass is 32.2. The van der Waals surface area contributed by atoms with Crippen LogP contribution in [0, 0.1) is 15.9 Å². The van der Waals surface area contributed by atoms with E-state index < -0.39 is 43.5 Å². The Balaban J connectivity index is 3.67. The Morgan fingerprint density at radius 2 is 2.00 bits per heavy atom. The summed E-state index contributed by atoms with van der Waals surface area (Å²) in [6.45, 7) is 0. The highest BCUT2D eigenvalue weighted by Gasteiger charge is 2.33. The fourth-order valence-electron chi connectivity index (χ4n) is 1.01. The van der Waals surface area contributed by atoms with Gasteiger partial charge in [-0.1, -0.05) is 0 Å². The highest BCUT2D eigenvalue weighted by Crippen LogP contribution is 2.32. The maximum atomic E-state index is 13.4. The van der Waals surface area contributed by atoms with Crippen molar-refractivity contribution in [2.24, 2.45) is 5.14 Å². The molecule has 94 valence electrons. The van der Waals surface area contributed by atoms with E-state index in [-0.39, 0.29) is 6.20 Å². The van der Waals surface area contributed by atoms with E-state index in [9.17, 15) is 31.7 Å². The molecule has 0 bridgehead atoms. The van der Waals surface area contributed by atoms with Gasteiger partial charge in [0.15, 0.2) is 22.5 Å². The summed E-state index contributed by atoms with van der Waals surface area (Å²) in [4.78, 5) is 10.5. The van der Waals surface area contributed by atoms with Crippen LogP contribution < -0.4 is 5.14 Å². The van der Waals surface area contributed by atoms with Gasteiger partial charge in [0.1, 0.15) is 0 Å². The number of nitrogens with two attached hydrogens (primary N) is 1. The van der Waals surface area contributed by atoms with E-state index in [1.54, 1.807) is 0 Å². The molecule has 1 aromatic heterocycles. The van der Waals surface area contributed by atoms with Crippen LogP contribution in [0.1, 0.15) is 12.0 Å². The molecule has 0 aliphatic rings. The van der Waals surface area contributed by atoms with Crippen LogP contribution in [-0.4, -0.2) is 18.3 Å². The predicted octanol–water partition coefficient (Wildman–Crippen LogP) is 0.714. The van der Waals surface area contributed by atoms with E-state index in [1.165, 1.54) is 0 Å². The van der Waals surface area contributed by atoms with Crippen molar-refractivity contribution in [1.29, 1.82) is 0 Å². The summed E-state index contributed by atoms with van der Waals surface area (Å²) in [5.41, 5.74) is -1.71. The van der Waals surface area contributed by atoms with Crippen LogP contribution in [0.25, 0.3) is 0 Å². The minimum absolute atomic E-state index is 0.217. The lowest BCUT2D eigenvalue weighted by molar-refractivity contribution is -0.391. The van der Waals surface area contributed by atoms with Gasteiger partial charge in [-0.2, -0.15) is 0 Å². The molecule has 0 saturated heterocycles. The molecule has 1 aromatic rings. The Hall–Kier alpha value is -1.75. The third kappa shape index (κ3) is 2.50. The lowest BCUT2D eigenvalue weighted by Gasteiger charge is -2.05. The monoisotopic (exact) mass is 271 g/mol. The van der Waals surface area contributed by atoms with Gasteiger partial charge in [-0.15, -0.1) is 0 Å². The molecule has 1 heterocycles. The number of primary sulfonamides is 1. The normalized spacial score (nSPS) is 11.8. The molecule has 2 N–H and O–H groups in total. The van der Waals surface area contributed by atoms with Gasteiger partial charge in [0.05, 0.1) is 0 Å². The van der Waals surface area contributed by atoms with E-state index >= 15 is 0 Å². The number of sulfonamides is 1. The summed E-state index contributed by atoms with van der Waals surface area (Å²) in [6, 6.07) is 0. The fraction of sp³-hybridized carbons (Fsp3) is 0.167. The van der Waals surface area contributed by atoms with Crippen LogP contribution in [-0.2, 0) is 10.0 Å². The first-order valence-corrected chi connectivity index (χ1v) is 5.34. The minimum atomic E-state index is -4.63. The Bertz CT molecular complexity index is 574. The fourth-order valence-corrected chi connectivity index (χ4v) is 1.57. The largest absolute Gasteiger partial charge is 0.375 e. The standard InChI is InChI=1S/C6H4F3N3O4S/c7-4-2(17(10,15)16)1-11-6(12(13)14)3(4)5(8)9/h1,5H,(H2,10,15,16). The van der Waals surface area contributed by atoms with Crippen LogP contribution in [0.15, 0.2) is 11.1 Å². The number of alkyl halides is 2. The smallest absolute Gasteiger partial charge is 0.358 e. The number of halogens is 3. The second kappa shape index (κ2) is 4.25. The zero-order valence-corrected chi connectivity index (χ0v) is 8.62. The van der Waals surface area contributed by atoms with Crippen LogP contribution in [0.2, 0.25) is 0 Å². The second-order valence-electron chi connectivity index (χ2n) is 2.78. The number of aromatic nitrogens is 1. The van der Waals surface area contributed by atoms with Gasteiger partial charge in [0.2, 0.25) is 10.0 Å². The molecule has 0 aliphatic heterocycles. The summed E-state index contributed by atoms with van der Waals surface area (Å²) < 4.78 is 59.7. The molecular formula is C6H4F3N3O4S. The van der Waals surface area contributed by atoms with Crippen molar-refractivity contribution in [3.63, 3.8) is 0 Å². The lowest BCUT2D eigenvalue weighted by atomic mass is 10.2. The van der Waals surface area contributed by atoms with E-state index in [4.69, 9.17) is 0 Å². The number of nitro groups is 1. The topological polar surface area (TPSA) is 116 Å². The minimum Gasteiger partial charge on any atom is -0.358 e. The molecule has 0 spiro atoms. The maximum absolute atomic E-state index is 13.4. The molecule has 0 atom stereocenters. The van der Waals surface area contributed by atoms with Crippen molar-refractivity contribution in [3.05, 3.63) is 27.7 Å². The molecule has 0 aliphatic carbocycles. The molecule has 0 fully saturated rings. The highest BCUT2D eigenvalue weighted by molar-refractivity contribution is 7.89. The van der Waals surface area contributed by atoms with Gasteiger partial charge in [-0.05, 0) is 9.91 Å². The zero-order valence-electron chi connectivity index (χ0n) is 7.80. The van der Waals surface area contributed by atoms with Gasteiger partial charge in [-0.3, -0.25) is 0 Å². The van der Waals surface area contributed by atoms with Crippen molar-refractivity contribution in [1.82, 2.24) is 4.98 Å². The third-order valence-electron chi connectivity index (χ3n) is 1.70. The first kappa shape index (κ1) is 13.3. The summed E-state index contributed by atoms with van der Waals surface area (Å²) in [5, 5.41) is 14.8. The Morgan fingerprint density at radius 1 is 1.47 bits per heavy atom. The number of pyridine rings is 1. The first-order chi connectivity index (χ1) is 7.66. The number of nitrogens with zero attached hydrogens (tertiary/aromatic N) is 2. The maximum Gasteiger partial charge on any atom is 0.375 e. The van der Waals surface area contributed by atoms with Crippen molar-refractivity contribution >= 4 is 15.8 Å². The molecule has 1 rings (SSSR count). The van der Waals surface area contributed by atoms with Crippen LogP contribution in [0.5, 0.6) is 0 Å². The molecule has 11 heteroatoms. The van der Waals surface area contributed by atoms with Crippen LogP contribution in [0.4, 0.5) is 19.0 Å². The second-order valence-corrected chi connectivity index (χ2v) is 4.31. The van der Waals surface area contributed by atoms with Crippen LogP contribution >= 0.6 is 0 Å². The number of hydrogen-bond donors (Lipinski definition) is 1. The summed E-state index contributed by atoms with van der Waals surface area (Å²) in [6.07, 6.45) is -3.38. The van der Waals surface area contributed by atoms with E-state index in [0.29, 0.717) is 0 Å². The third-order valence-corrected chi connectivity index (χ3v) is 2.59. The lowest BCUT2D eigenvalue weighted by Crippen LogP contribution is -2.16. The Kier molecular flexibility index (Phi) is 3.33. The molecular weight excluding hydrogens is 267 g/mol. The Labute approximate surface area is 92.3 Å². The quantitative estimate of drug-likeness (QED) is 0.642. The first-order valence-electron chi connectivity index (χ1n) is 3.80. The average molecular weight is 271 g/mol. The van der Waals surface area contributed by atoms with Gasteiger partial charge < -0.3 is 10.1 Å². The molecule has 0 radical (unpaired) electrons. The van der Waals surface area contributed by atoms with E-state index in [1.807, 2.05) is 0 Å². The Morgan fingerprint density at radius 3 is 2.35 bits per heavy atom.